The fourth-order valence-electron chi connectivity index (χ4n) is 2.22. The molecule has 2 rings (SSSR count). The molecule has 2 aromatic rings. The number of rotatable bonds is 7. The number of aromatic nitrogens is 2. The van der Waals surface area contributed by atoms with E-state index in [0.29, 0.717) is 6.54 Å². The maximum Gasteiger partial charge on any atom is 0.272 e. The van der Waals surface area contributed by atoms with Gasteiger partial charge in [0.05, 0.1) is 0 Å². The second kappa shape index (κ2) is 8.92. The lowest BCUT2D eigenvalue weighted by Gasteiger charge is -2.17. The van der Waals surface area contributed by atoms with Crippen molar-refractivity contribution >= 4 is 11.8 Å². The zero-order valence-electron chi connectivity index (χ0n) is 14.9. The van der Waals surface area contributed by atoms with Crippen molar-refractivity contribution in [2.75, 3.05) is 13.6 Å². The zero-order chi connectivity index (χ0) is 18.2. The molecule has 0 spiro atoms. The normalized spacial score (nSPS) is 11.6. The first-order valence-corrected chi connectivity index (χ1v) is 8.43. The van der Waals surface area contributed by atoms with Crippen molar-refractivity contribution in [2.45, 2.75) is 32.7 Å². The molecule has 6 nitrogen and oxygen atoms in total. The lowest BCUT2D eigenvalue weighted by molar-refractivity contribution is 0.0790. The van der Waals surface area contributed by atoms with Gasteiger partial charge in [-0.2, -0.15) is 0 Å². The van der Waals surface area contributed by atoms with Gasteiger partial charge in [-0.1, -0.05) is 13.0 Å². The van der Waals surface area contributed by atoms with Gasteiger partial charge in [0.15, 0.2) is 0 Å². The van der Waals surface area contributed by atoms with Gasteiger partial charge in [-0.25, -0.2) is 4.98 Å². The van der Waals surface area contributed by atoms with Crippen LogP contribution in [0.4, 0.5) is 0 Å². The number of amides is 2. The number of likely N-dealkylation sites (N-methyl/N-ethyl adjacent to an activating group) is 1. The summed E-state index contributed by atoms with van der Waals surface area (Å²) in [6.45, 7) is 4.49. The van der Waals surface area contributed by atoms with Crippen LogP contribution in [0, 0.1) is 0 Å². The highest BCUT2D eigenvalue weighted by Crippen LogP contribution is 2.06. The Balaban J connectivity index is 2.01. The van der Waals surface area contributed by atoms with E-state index in [-0.39, 0.29) is 29.2 Å². The standard InChI is InChI=1S/C19H24N4O2/c1-4-14(2)21-18(24)16-6-5-7-17(22-16)19(25)23(3)13-10-15-8-11-20-12-9-15/h5-9,11-12,14H,4,10,13H2,1-3H3,(H,21,24). The van der Waals surface area contributed by atoms with Gasteiger partial charge in [-0.15, -0.1) is 0 Å². The number of carbonyl (C=O) groups excluding carboxylic acids is 2. The Morgan fingerprint density at radius 2 is 1.84 bits per heavy atom. The molecule has 2 heterocycles. The van der Waals surface area contributed by atoms with Gasteiger partial charge in [0.2, 0.25) is 0 Å². The van der Waals surface area contributed by atoms with Crippen molar-refractivity contribution in [1.29, 1.82) is 0 Å². The Bertz CT molecular complexity index is 718. The van der Waals surface area contributed by atoms with Crippen molar-refractivity contribution in [3.63, 3.8) is 0 Å². The molecule has 25 heavy (non-hydrogen) atoms. The van der Waals surface area contributed by atoms with Crippen molar-refractivity contribution in [3.8, 4) is 0 Å². The molecule has 0 aliphatic rings. The Labute approximate surface area is 148 Å². The minimum Gasteiger partial charge on any atom is -0.348 e. The molecule has 0 saturated carbocycles. The number of nitrogens with one attached hydrogen (secondary N) is 1. The lowest BCUT2D eigenvalue weighted by atomic mass is 10.2. The SMILES string of the molecule is CCC(C)NC(=O)c1cccc(C(=O)N(C)CCc2ccncc2)n1. The van der Waals surface area contributed by atoms with Crippen molar-refractivity contribution in [3.05, 3.63) is 59.7 Å². The molecule has 6 heteroatoms. The summed E-state index contributed by atoms with van der Waals surface area (Å²) in [6.07, 6.45) is 5.04. The monoisotopic (exact) mass is 340 g/mol. The first-order chi connectivity index (χ1) is 12.0. The second-order valence-electron chi connectivity index (χ2n) is 6.02. The highest BCUT2D eigenvalue weighted by molar-refractivity contribution is 5.96. The van der Waals surface area contributed by atoms with E-state index < -0.39 is 0 Å². The van der Waals surface area contributed by atoms with E-state index in [1.54, 1.807) is 42.5 Å². The molecule has 1 atom stereocenters. The fourth-order valence-corrected chi connectivity index (χ4v) is 2.22. The zero-order valence-corrected chi connectivity index (χ0v) is 14.9. The Hall–Kier alpha value is -2.76. The molecule has 132 valence electrons. The predicted molar refractivity (Wildman–Crippen MR) is 96.4 cm³/mol. The Kier molecular flexibility index (Phi) is 6.62. The van der Waals surface area contributed by atoms with Gasteiger partial charge < -0.3 is 10.2 Å². The van der Waals surface area contributed by atoms with E-state index in [9.17, 15) is 9.59 Å². The van der Waals surface area contributed by atoms with Gasteiger partial charge in [-0.05, 0) is 49.6 Å². The molecule has 0 bridgehead atoms. The summed E-state index contributed by atoms with van der Waals surface area (Å²) in [6, 6.07) is 8.85. The largest absolute Gasteiger partial charge is 0.348 e. The van der Waals surface area contributed by atoms with E-state index in [1.165, 1.54) is 0 Å². The van der Waals surface area contributed by atoms with Crippen LogP contribution in [0.5, 0.6) is 0 Å². The summed E-state index contributed by atoms with van der Waals surface area (Å²) in [5, 5.41) is 2.86. The van der Waals surface area contributed by atoms with Gasteiger partial charge in [-0.3, -0.25) is 14.6 Å². The van der Waals surface area contributed by atoms with Crippen LogP contribution in [-0.2, 0) is 6.42 Å². The summed E-state index contributed by atoms with van der Waals surface area (Å²) in [5.74, 6) is -0.462. The van der Waals surface area contributed by atoms with Gasteiger partial charge in [0.25, 0.3) is 11.8 Å². The topological polar surface area (TPSA) is 75.2 Å². The van der Waals surface area contributed by atoms with E-state index in [1.807, 2.05) is 26.0 Å². The van der Waals surface area contributed by atoms with Crippen LogP contribution in [0.1, 0.15) is 46.8 Å². The number of hydrogen-bond donors (Lipinski definition) is 1. The lowest BCUT2D eigenvalue weighted by Crippen LogP contribution is -2.33. The summed E-state index contributed by atoms with van der Waals surface area (Å²) >= 11 is 0. The summed E-state index contributed by atoms with van der Waals surface area (Å²) in [5.41, 5.74) is 1.65. The number of pyridine rings is 2. The summed E-state index contributed by atoms with van der Waals surface area (Å²) < 4.78 is 0. The molecular formula is C19H24N4O2. The molecular weight excluding hydrogens is 316 g/mol. The van der Waals surface area contributed by atoms with E-state index >= 15 is 0 Å². The molecule has 0 saturated heterocycles. The Morgan fingerprint density at radius 1 is 1.16 bits per heavy atom. The third-order valence-corrected chi connectivity index (χ3v) is 4.02. The maximum absolute atomic E-state index is 12.5. The first kappa shape index (κ1) is 18.6. The average molecular weight is 340 g/mol. The minimum absolute atomic E-state index is 0.0664. The van der Waals surface area contributed by atoms with Crippen LogP contribution in [0.2, 0.25) is 0 Å². The van der Waals surface area contributed by atoms with Crippen LogP contribution in [0.25, 0.3) is 0 Å². The molecule has 0 aliphatic heterocycles. The van der Waals surface area contributed by atoms with E-state index in [2.05, 4.69) is 15.3 Å². The van der Waals surface area contributed by atoms with Crippen LogP contribution < -0.4 is 5.32 Å². The van der Waals surface area contributed by atoms with Gasteiger partial charge in [0.1, 0.15) is 11.4 Å². The number of nitrogens with zero attached hydrogens (tertiary/aromatic N) is 3. The number of carbonyl (C=O) groups is 2. The first-order valence-electron chi connectivity index (χ1n) is 8.43. The van der Waals surface area contributed by atoms with Crippen molar-refractivity contribution in [2.24, 2.45) is 0 Å². The van der Waals surface area contributed by atoms with Crippen LogP contribution in [0.3, 0.4) is 0 Å². The molecule has 0 aliphatic carbocycles. The highest BCUT2D eigenvalue weighted by Gasteiger charge is 2.16. The average Bonchev–Trinajstić information content (AvgIpc) is 2.66. The molecule has 0 radical (unpaired) electrons. The van der Waals surface area contributed by atoms with Crippen molar-refractivity contribution < 1.29 is 9.59 Å². The van der Waals surface area contributed by atoms with E-state index in [0.717, 1.165) is 18.4 Å². The van der Waals surface area contributed by atoms with E-state index in [4.69, 9.17) is 0 Å². The summed E-state index contributed by atoms with van der Waals surface area (Å²) in [4.78, 5) is 34.5. The fraction of sp³-hybridized carbons (Fsp3) is 0.368. The minimum atomic E-state index is -0.261. The van der Waals surface area contributed by atoms with Crippen LogP contribution in [-0.4, -0.2) is 46.3 Å². The molecule has 1 unspecified atom stereocenters. The van der Waals surface area contributed by atoms with Crippen LogP contribution >= 0.6 is 0 Å². The molecule has 2 aromatic heterocycles. The molecule has 0 aromatic carbocycles. The highest BCUT2D eigenvalue weighted by atomic mass is 16.2. The summed E-state index contributed by atoms with van der Waals surface area (Å²) in [7, 11) is 1.73. The molecule has 1 N–H and O–H groups in total. The number of hydrogen-bond acceptors (Lipinski definition) is 4. The maximum atomic E-state index is 12.5. The second-order valence-corrected chi connectivity index (χ2v) is 6.02. The third kappa shape index (κ3) is 5.38. The quantitative estimate of drug-likeness (QED) is 0.839. The molecule has 0 fully saturated rings. The predicted octanol–water partition coefficient (Wildman–Crippen LogP) is 2.32. The smallest absolute Gasteiger partial charge is 0.272 e. The van der Waals surface area contributed by atoms with Gasteiger partial charge in [0, 0.05) is 32.0 Å². The van der Waals surface area contributed by atoms with Crippen LogP contribution in [0.15, 0.2) is 42.7 Å². The van der Waals surface area contributed by atoms with Gasteiger partial charge >= 0.3 is 0 Å². The molecule has 2 amide bonds. The Morgan fingerprint density at radius 3 is 2.52 bits per heavy atom. The third-order valence-electron chi connectivity index (χ3n) is 4.02. The van der Waals surface area contributed by atoms with Crippen molar-refractivity contribution in [1.82, 2.24) is 20.2 Å².